The molecule has 0 heterocycles. The molecule has 0 saturated heterocycles. The van der Waals surface area contributed by atoms with E-state index in [9.17, 15) is 0 Å². The van der Waals surface area contributed by atoms with Crippen molar-refractivity contribution in [3.8, 4) is 0 Å². The Morgan fingerprint density at radius 1 is 1.37 bits per heavy atom. The molecular weight excluding hydrogens is 300 g/mol. The molecule has 0 bridgehead atoms. The molecule has 1 aliphatic carbocycles. The van der Waals surface area contributed by atoms with E-state index >= 15 is 0 Å². The highest BCUT2D eigenvalue weighted by Gasteiger charge is 2.20. The molecule has 0 aromatic heterocycles. The Balaban J connectivity index is 2.03. The molecule has 1 aromatic carbocycles. The molecule has 1 aliphatic rings. The van der Waals surface area contributed by atoms with E-state index in [4.69, 9.17) is 0 Å². The van der Waals surface area contributed by atoms with Gasteiger partial charge in [0, 0.05) is 30.1 Å². The molecule has 0 spiro atoms. The van der Waals surface area contributed by atoms with Crippen LogP contribution in [0.4, 0.5) is 5.69 Å². The molecule has 19 heavy (non-hydrogen) atoms. The number of hydrogen-bond acceptors (Lipinski definition) is 2. The number of halogens is 1. The minimum Gasteiger partial charge on any atom is -0.371 e. The van der Waals surface area contributed by atoms with Crippen LogP contribution in [-0.4, -0.2) is 19.1 Å². The molecule has 3 heteroatoms. The van der Waals surface area contributed by atoms with Crippen molar-refractivity contribution in [2.75, 3.05) is 18.0 Å². The molecule has 0 unspecified atom stereocenters. The summed E-state index contributed by atoms with van der Waals surface area (Å²) < 4.78 is 1.21. The summed E-state index contributed by atoms with van der Waals surface area (Å²) in [6.45, 7) is 9.90. The smallest absolute Gasteiger partial charge is 0.0510 e. The van der Waals surface area contributed by atoms with Gasteiger partial charge in [-0.3, -0.25) is 0 Å². The maximum absolute atomic E-state index is 3.73. The third kappa shape index (κ3) is 4.50. The van der Waals surface area contributed by atoms with Crippen LogP contribution in [0.3, 0.4) is 0 Å². The lowest BCUT2D eigenvalue weighted by atomic mass is 10.1. The van der Waals surface area contributed by atoms with E-state index in [1.807, 2.05) is 0 Å². The second kappa shape index (κ2) is 6.76. The van der Waals surface area contributed by atoms with Gasteiger partial charge in [0.15, 0.2) is 0 Å². The molecule has 1 N–H and O–H groups in total. The average Bonchev–Trinajstić information content (AvgIpc) is 3.18. The first kappa shape index (κ1) is 14.9. The van der Waals surface area contributed by atoms with Crippen molar-refractivity contribution >= 4 is 21.6 Å². The number of rotatable bonds is 7. The van der Waals surface area contributed by atoms with Crippen LogP contribution in [0.5, 0.6) is 0 Å². The van der Waals surface area contributed by atoms with Crippen LogP contribution in [0.2, 0.25) is 0 Å². The third-order valence-electron chi connectivity index (χ3n) is 3.49. The van der Waals surface area contributed by atoms with Gasteiger partial charge in [-0.1, -0.05) is 19.9 Å². The first-order valence-electron chi connectivity index (χ1n) is 7.37. The molecule has 1 fully saturated rings. The molecular formula is C16H25BrN2. The number of hydrogen-bond donors (Lipinski definition) is 1. The van der Waals surface area contributed by atoms with Gasteiger partial charge in [-0.2, -0.15) is 0 Å². The molecule has 106 valence electrons. The maximum Gasteiger partial charge on any atom is 0.0510 e. The molecule has 1 saturated carbocycles. The van der Waals surface area contributed by atoms with Crippen molar-refractivity contribution in [3.63, 3.8) is 0 Å². The van der Waals surface area contributed by atoms with Crippen LogP contribution in [0.25, 0.3) is 0 Å². The Morgan fingerprint density at radius 3 is 2.63 bits per heavy atom. The molecule has 1 aromatic rings. The Kier molecular flexibility index (Phi) is 5.28. The summed E-state index contributed by atoms with van der Waals surface area (Å²) >= 11 is 3.73. The van der Waals surface area contributed by atoms with Crippen molar-refractivity contribution in [2.24, 2.45) is 5.92 Å². The quantitative estimate of drug-likeness (QED) is 0.809. The van der Waals surface area contributed by atoms with E-state index in [0.29, 0.717) is 5.92 Å². The molecule has 0 atom stereocenters. The molecule has 0 radical (unpaired) electrons. The topological polar surface area (TPSA) is 15.3 Å². The van der Waals surface area contributed by atoms with E-state index in [2.05, 4.69) is 65.1 Å². The normalized spacial score (nSPS) is 15.0. The van der Waals surface area contributed by atoms with Gasteiger partial charge in [0.05, 0.1) is 5.69 Å². The SMILES string of the molecule is CCN(CC(C)C)c1ccc(CNC2CC2)cc1Br. The van der Waals surface area contributed by atoms with Crippen molar-refractivity contribution in [1.29, 1.82) is 0 Å². The van der Waals surface area contributed by atoms with Gasteiger partial charge < -0.3 is 10.2 Å². The summed E-state index contributed by atoms with van der Waals surface area (Å²) in [5.41, 5.74) is 2.68. The number of benzene rings is 1. The minimum absolute atomic E-state index is 0.683. The molecule has 0 amide bonds. The van der Waals surface area contributed by atoms with E-state index in [1.54, 1.807) is 0 Å². The van der Waals surface area contributed by atoms with Gasteiger partial charge in [-0.15, -0.1) is 0 Å². The van der Waals surface area contributed by atoms with Gasteiger partial charge in [-0.05, 0) is 59.3 Å². The number of nitrogens with one attached hydrogen (secondary N) is 1. The predicted octanol–water partition coefficient (Wildman–Crippen LogP) is 4.18. The summed E-state index contributed by atoms with van der Waals surface area (Å²) in [6, 6.07) is 7.53. The minimum atomic E-state index is 0.683. The highest BCUT2D eigenvalue weighted by molar-refractivity contribution is 9.10. The van der Waals surface area contributed by atoms with Crippen LogP contribution in [0, 0.1) is 5.92 Å². The zero-order valence-electron chi connectivity index (χ0n) is 12.2. The highest BCUT2D eigenvalue weighted by Crippen LogP contribution is 2.28. The molecule has 2 rings (SSSR count). The van der Waals surface area contributed by atoms with E-state index < -0.39 is 0 Å². The second-order valence-electron chi connectivity index (χ2n) is 5.87. The van der Waals surface area contributed by atoms with Crippen molar-refractivity contribution in [3.05, 3.63) is 28.2 Å². The van der Waals surface area contributed by atoms with E-state index in [1.165, 1.54) is 28.6 Å². The monoisotopic (exact) mass is 324 g/mol. The Morgan fingerprint density at radius 2 is 2.11 bits per heavy atom. The Labute approximate surface area is 125 Å². The highest BCUT2D eigenvalue weighted by atomic mass is 79.9. The lowest BCUT2D eigenvalue weighted by Gasteiger charge is -2.26. The van der Waals surface area contributed by atoms with Gasteiger partial charge in [0.2, 0.25) is 0 Å². The van der Waals surface area contributed by atoms with Crippen LogP contribution < -0.4 is 10.2 Å². The second-order valence-corrected chi connectivity index (χ2v) is 6.73. The first-order chi connectivity index (χ1) is 9.10. The van der Waals surface area contributed by atoms with Crippen LogP contribution in [-0.2, 0) is 6.54 Å². The van der Waals surface area contributed by atoms with Gasteiger partial charge in [-0.25, -0.2) is 0 Å². The standard InChI is InChI=1S/C16H25BrN2/c1-4-19(11-12(2)3)16-8-5-13(9-15(16)17)10-18-14-6-7-14/h5,8-9,12,14,18H,4,6-7,10-11H2,1-3H3. The molecule has 2 nitrogen and oxygen atoms in total. The Bertz CT molecular complexity index is 413. The predicted molar refractivity (Wildman–Crippen MR) is 86.7 cm³/mol. The lowest BCUT2D eigenvalue weighted by Crippen LogP contribution is -2.27. The fraction of sp³-hybridized carbons (Fsp3) is 0.625. The zero-order valence-corrected chi connectivity index (χ0v) is 13.8. The summed E-state index contributed by atoms with van der Waals surface area (Å²) in [4.78, 5) is 2.44. The summed E-state index contributed by atoms with van der Waals surface area (Å²) in [5.74, 6) is 0.683. The van der Waals surface area contributed by atoms with Gasteiger partial charge in [0.1, 0.15) is 0 Å². The van der Waals surface area contributed by atoms with E-state index in [-0.39, 0.29) is 0 Å². The summed E-state index contributed by atoms with van der Waals surface area (Å²) in [5, 5.41) is 3.56. The Hall–Kier alpha value is -0.540. The zero-order chi connectivity index (χ0) is 13.8. The average molecular weight is 325 g/mol. The lowest BCUT2D eigenvalue weighted by molar-refractivity contribution is 0.618. The van der Waals surface area contributed by atoms with Gasteiger partial charge >= 0.3 is 0 Å². The number of nitrogens with zero attached hydrogens (tertiary/aromatic N) is 1. The first-order valence-corrected chi connectivity index (χ1v) is 8.16. The van der Waals surface area contributed by atoms with E-state index in [0.717, 1.165) is 25.7 Å². The third-order valence-corrected chi connectivity index (χ3v) is 4.13. The molecule has 0 aliphatic heterocycles. The van der Waals surface area contributed by atoms with Crippen molar-refractivity contribution in [1.82, 2.24) is 5.32 Å². The van der Waals surface area contributed by atoms with Crippen LogP contribution >= 0.6 is 15.9 Å². The van der Waals surface area contributed by atoms with Crippen LogP contribution in [0.1, 0.15) is 39.2 Å². The summed E-state index contributed by atoms with van der Waals surface area (Å²) in [7, 11) is 0. The maximum atomic E-state index is 3.73. The number of anilines is 1. The fourth-order valence-corrected chi connectivity index (χ4v) is 2.98. The van der Waals surface area contributed by atoms with Crippen LogP contribution in [0.15, 0.2) is 22.7 Å². The summed E-state index contributed by atoms with van der Waals surface area (Å²) in [6.07, 6.45) is 2.69. The fourth-order valence-electron chi connectivity index (χ4n) is 2.31. The van der Waals surface area contributed by atoms with Gasteiger partial charge in [0.25, 0.3) is 0 Å². The van der Waals surface area contributed by atoms with Crippen molar-refractivity contribution in [2.45, 2.75) is 46.2 Å². The largest absolute Gasteiger partial charge is 0.371 e. The van der Waals surface area contributed by atoms with Crippen molar-refractivity contribution < 1.29 is 0 Å².